The largest absolute Gasteiger partial charge is 0.325 e. The fraction of sp³-hybridized carbons (Fsp3) is 0.462. The zero-order chi connectivity index (χ0) is 11.4. The van der Waals surface area contributed by atoms with Crippen LogP contribution in [-0.2, 0) is 13.1 Å². The molecule has 16 heavy (non-hydrogen) atoms. The van der Waals surface area contributed by atoms with Crippen LogP contribution in [0.15, 0.2) is 30.0 Å². The number of hydrogen-bond donors (Lipinski definition) is 1. The number of nitrogens with two attached hydrogens (primary N) is 1. The van der Waals surface area contributed by atoms with Gasteiger partial charge in [0.25, 0.3) is 0 Å². The molecule has 1 aliphatic rings. The van der Waals surface area contributed by atoms with Gasteiger partial charge in [0.1, 0.15) is 0 Å². The summed E-state index contributed by atoms with van der Waals surface area (Å²) in [5.41, 5.74) is 9.37. The van der Waals surface area contributed by atoms with Gasteiger partial charge >= 0.3 is 0 Å². The maximum absolute atomic E-state index is 5.58. The van der Waals surface area contributed by atoms with Crippen LogP contribution >= 0.6 is 0 Å². The van der Waals surface area contributed by atoms with E-state index < -0.39 is 0 Å². The molecule has 3 nitrogen and oxygen atoms in total. The van der Waals surface area contributed by atoms with E-state index in [2.05, 4.69) is 35.0 Å². The first kappa shape index (κ1) is 11.3. The Hall–Kier alpha value is -1.19. The number of rotatable bonds is 3. The van der Waals surface area contributed by atoms with Crippen molar-refractivity contribution in [3.05, 3.63) is 41.2 Å². The molecule has 0 atom stereocenters. The lowest BCUT2D eigenvalue weighted by atomic mass is 10.1. The molecule has 86 valence electrons. The van der Waals surface area contributed by atoms with Crippen LogP contribution in [-0.4, -0.2) is 23.0 Å². The minimum Gasteiger partial charge on any atom is -0.325 e. The zero-order valence-electron chi connectivity index (χ0n) is 9.82. The van der Waals surface area contributed by atoms with Crippen LogP contribution in [0.25, 0.3) is 0 Å². The highest BCUT2D eigenvalue weighted by molar-refractivity contribution is 5.17. The van der Waals surface area contributed by atoms with Crippen molar-refractivity contribution >= 4 is 0 Å². The fourth-order valence-electron chi connectivity index (χ4n) is 1.95. The van der Waals surface area contributed by atoms with Gasteiger partial charge in [-0.1, -0.05) is 11.6 Å². The van der Waals surface area contributed by atoms with Crippen molar-refractivity contribution in [1.29, 1.82) is 0 Å². The Balaban J connectivity index is 1.98. The van der Waals surface area contributed by atoms with E-state index in [1.165, 1.54) is 17.6 Å². The summed E-state index contributed by atoms with van der Waals surface area (Å²) in [5, 5.41) is 0. The number of nitrogens with zero attached hydrogens (tertiary/aromatic N) is 2. The quantitative estimate of drug-likeness (QED) is 0.783. The molecule has 0 saturated heterocycles. The van der Waals surface area contributed by atoms with E-state index in [9.17, 15) is 0 Å². The third-order valence-corrected chi connectivity index (χ3v) is 3.02. The first-order valence-corrected chi connectivity index (χ1v) is 5.80. The summed E-state index contributed by atoms with van der Waals surface area (Å²) in [6.45, 7) is 5.94. The minimum absolute atomic E-state index is 0.521. The average molecular weight is 217 g/mol. The van der Waals surface area contributed by atoms with Gasteiger partial charge < -0.3 is 5.73 Å². The molecule has 0 fully saturated rings. The van der Waals surface area contributed by atoms with E-state index in [1.807, 2.05) is 6.20 Å². The van der Waals surface area contributed by atoms with Crippen molar-refractivity contribution in [2.75, 3.05) is 13.1 Å². The summed E-state index contributed by atoms with van der Waals surface area (Å²) in [7, 11) is 0. The highest BCUT2D eigenvalue weighted by Gasteiger charge is 2.09. The van der Waals surface area contributed by atoms with Crippen LogP contribution in [0.1, 0.15) is 24.6 Å². The smallest absolute Gasteiger partial charge is 0.0542 e. The third-order valence-electron chi connectivity index (χ3n) is 3.02. The lowest BCUT2D eigenvalue weighted by Gasteiger charge is -2.25. The molecule has 1 aromatic rings. The highest BCUT2D eigenvalue weighted by Crippen LogP contribution is 2.13. The SMILES string of the molecule is CC1=CCN(Cc2ccnc(CN)c2)CC1. The Morgan fingerprint density at radius 3 is 3.06 bits per heavy atom. The van der Waals surface area contributed by atoms with Gasteiger partial charge in [-0.2, -0.15) is 0 Å². The molecule has 1 aliphatic heterocycles. The summed E-state index contributed by atoms with van der Waals surface area (Å²) in [6.07, 6.45) is 5.35. The van der Waals surface area contributed by atoms with Crippen molar-refractivity contribution in [3.63, 3.8) is 0 Å². The van der Waals surface area contributed by atoms with Gasteiger partial charge in [0.2, 0.25) is 0 Å². The van der Waals surface area contributed by atoms with Gasteiger partial charge in [0.05, 0.1) is 5.69 Å². The monoisotopic (exact) mass is 217 g/mol. The van der Waals surface area contributed by atoms with Gasteiger partial charge in [0, 0.05) is 32.4 Å². The lowest BCUT2D eigenvalue weighted by molar-refractivity contribution is 0.286. The van der Waals surface area contributed by atoms with Crippen LogP contribution in [0.3, 0.4) is 0 Å². The second-order valence-electron chi connectivity index (χ2n) is 4.40. The first-order chi connectivity index (χ1) is 7.78. The van der Waals surface area contributed by atoms with Crippen LogP contribution < -0.4 is 5.73 Å². The molecular weight excluding hydrogens is 198 g/mol. The molecule has 0 saturated carbocycles. The predicted molar refractivity (Wildman–Crippen MR) is 65.8 cm³/mol. The van der Waals surface area contributed by atoms with Crippen LogP contribution in [0, 0.1) is 0 Å². The van der Waals surface area contributed by atoms with E-state index >= 15 is 0 Å². The van der Waals surface area contributed by atoms with Gasteiger partial charge in [-0.05, 0) is 31.0 Å². The van der Waals surface area contributed by atoms with Crippen molar-refractivity contribution in [3.8, 4) is 0 Å². The molecule has 2 heterocycles. The zero-order valence-corrected chi connectivity index (χ0v) is 9.82. The molecule has 2 rings (SSSR count). The van der Waals surface area contributed by atoms with Crippen LogP contribution in [0.2, 0.25) is 0 Å². The van der Waals surface area contributed by atoms with Gasteiger partial charge in [-0.3, -0.25) is 9.88 Å². The van der Waals surface area contributed by atoms with E-state index in [0.717, 1.165) is 25.3 Å². The van der Waals surface area contributed by atoms with Crippen LogP contribution in [0.5, 0.6) is 0 Å². The summed E-state index contributed by atoms with van der Waals surface area (Å²) < 4.78 is 0. The minimum atomic E-state index is 0.521. The summed E-state index contributed by atoms with van der Waals surface area (Å²) in [5.74, 6) is 0. The second-order valence-corrected chi connectivity index (χ2v) is 4.40. The molecule has 0 spiro atoms. The van der Waals surface area contributed by atoms with Gasteiger partial charge in [-0.25, -0.2) is 0 Å². The van der Waals surface area contributed by atoms with E-state index in [0.29, 0.717) is 6.54 Å². The molecule has 0 bridgehead atoms. The average Bonchev–Trinajstić information content (AvgIpc) is 2.32. The van der Waals surface area contributed by atoms with Crippen molar-refractivity contribution in [2.45, 2.75) is 26.4 Å². The van der Waals surface area contributed by atoms with E-state index in [1.54, 1.807) is 0 Å². The predicted octanol–water partition coefficient (Wildman–Crippen LogP) is 1.69. The molecule has 2 N–H and O–H groups in total. The van der Waals surface area contributed by atoms with Gasteiger partial charge in [0.15, 0.2) is 0 Å². The molecule has 1 aromatic heterocycles. The molecule has 0 radical (unpaired) electrons. The third kappa shape index (κ3) is 2.90. The molecule has 0 amide bonds. The highest BCUT2D eigenvalue weighted by atomic mass is 15.1. The number of aromatic nitrogens is 1. The summed E-state index contributed by atoms with van der Waals surface area (Å²) in [4.78, 5) is 6.65. The Morgan fingerprint density at radius 2 is 2.38 bits per heavy atom. The molecule has 0 aromatic carbocycles. The van der Waals surface area contributed by atoms with Crippen molar-refractivity contribution < 1.29 is 0 Å². The Kier molecular flexibility index (Phi) is 3.70. The van der Waals surface area contributed by atoms with E-state index in [4.69, 9.17) is 5.73 Å². The van der Waals surface area contributed by atoms with E-state index in [-0.39, 0.29) is 0 Å². The van der Waals surface area contributed by atoms with Crippen LogP contribution in [0.4, 0.5) is 0 Å². The molecule has 3 heteroatoms. The summed E-state index contributed by atoms with van der Waals surface area (Å²) in [6, 6.07) is 4.18. The van der Waals surface area contributed by atoms with Crippen molar-refractivity contribution in [1.82, 2.24) is 9.88 Å². The first-order valence-electron chi connectivity index (χ1n) is 5.80. The number of pyridine rings is 1. The maximum atomic E-state index is 5.58. The normalized spacial score (nSPS) is 17.2. The summed E-state index contributed by atoms with van der Waals surface area (Å²) >= 11 is 0. The maximum Gasteiger partial charge on any atom is 0.0542 e. The Bertz CT molecular complexity index is 385. The lowest BCUT2D eigenvalue weighted by Crippen LogP contribution is -2.27. The number of hydrogen-bond acceptors (Lipinski definition) is 3. The molecular formula is C13H19N3. The molecule has 0 unspecified atom stereocenters. The second kappa shape index (κ2) is 5.23. The fourth-order valence-corrected chi connectivity index (χ4v) is 1.95. The Morgan fingerprint density at radius 1 is 1.50 bits per heavy atom. The molecule has 0 aliphatic carbocycles. The van der Waals surface area contributed by atoms with Crippen molar-refractivity contribution in [2.24, 2.45) is 5.73 Å². The standard InChI is InChI=1S/C13H19N3/c1-11-3-6-16(7-4-11)10-12-2-5-15-13(8-12)9-14/h2-3,5,8H,4,6-7,9-10,14H2,1H3. The topological polar surface area (TPSA) is 42.2 Å². The Labute approximate surface area is 97.0 Å². The van der Waals surface area contributed by atoms with Gasteiger partial charge in [-0.15, -0.1) is 0 Å².